The summed E-state index contributed by atoms with van der Waals surface area (Å²) >= 11 is 0. The summed E-state index contributed by atoms with van der Waals surface area (Å²) < 4.78 is 5.11. The molecular weight excluding hydrogens is 256 g/mol. The third-order valence-electron chi connectivity index (χ3n) is 3.93. The molecule has 108 valence electrons. The zero-order chi connectivity index (χ0) is 14.8. The number of methoxy groups -OCH3 is 1. The normalized spacial score (nSPS) is 17.9. The van der Waals surface area contributed by atoms with Crippen LogP contribution in [0.1, 0.15) is 26.7 Å². The Labute approximate surface area is 118 Å². The highest BCUT2D eigenvalue weighted by atomic mass is 16.5. The van der Waals surface area contributed by atoms with E-state index < -0.39 is 5.54 Å². The Morgan fingerprint density at radius 1 is 1.20 bits per heavy atom. The van der Waals surface area contributed by atoms with E-state index >= 15 is 0 Å². The second-order valence-electron chi connectivity index (χ2n) is 4.93. The smallest absolute Gasteiger partial charge is 0.253 e. The fraction of sp³-hybridized carbons (Fsp3) is 0.467. The Hall–Kier alpha value is -2.04. The van der Waals surface area contributed by atoms with Crippen LogP contribution in [-0.4, -0.2) is 31.0 Å². The molecular formula is C15H20N2O3. The molecule has 1 aliphatic rings. The molecule has 0 bridgehead atoms. The number of benzene rings is 1. The summed E-state index contributed by atoms with van der Waals surface area (Å²) in [7, 11) is 1.59. The molecule has 2 amide bonds. The molecule has 20 heavy (non-hydrogen) atoms. The molecule has 1 saturated heterocycles. The van der Waals surface area contributed by atoms with Crippen LogP contribution in [0.15, 0.2) is 24.3 Å². The highest BCUT2D eigenvalue weighted by Crippen LogP contribution is 2.27. The van der Waals surface area contributed by atoms with Crippen LogP contribution < -0.4 is 15.0 Å². The Morgan fingerprint density at radius 3 is 2.30 bits per heavy atom. The molecule has 1 heterocycles. The molecule has 0 radical (unpaired) electrons. The molecule has 0 aliphatic carbocycles. The lowest BCUT2D eigenvalue weighted by Crippen LogP contribution is -2.66. The molecule has 0 atom stereocenters. The SMILES string of the molecule is CCC1(CC)NC(=O)CN(c2ccc(OC)cc2)C1=O. The molecule has 1 N–H and O–H groups in total. The molecule has 1 aromatic rings. The van der Waals surface area contributed by atoms with Crippen LogP contribution in [0.25, 0.3) is 0 Å². The fourth-order valence-electron chi connectivity index (χ4n) is 2.53. The van der Waals surface area contributed by atoms with Crippen LogP contribution >= 0.6 is 0 Å². The van der Waals surface area contributed by atoms with Crippen molar-refractivity contribution in [3.05, 3.63) is 24.3 Å². The summed E-state index contributed by atoms with van der Waals surface area (Å²) in [6, 6.07) is 7.17. The van der Waals surface area contributed by atoms with Gasteiger partial charge in [0.15, 0.2) is 0 Å². The zero-order valence-electron chi connectivity index (χ0n) is 12.1. The van der Waals surface area contributed by atoms with E-state index in [0.29, 0.717) is 12.8 Å². The predicted molar refractivity (Wildman–Crippen MR) is 76.8 cm³/mol. The lowest BCUT2D eigenvalue weighted by atomic mass is 9.88. The lowest BCUT2D eigenvalue weighted by molar-refractivity contribution is -0.136. The van der Waals surface area contributed by atoms with Crippen LogP contribution in [0.2, 0.25) is 0 Å². The third-order valence-corrected chi connectivity index (χ3v) is 3.93. The first-order chi connectivity index (χ1) is 9.56. The molecule has 5 heteroatoms. The van der Waals surface area contributed by atoms with Gasteiger partial charge in [0.05, 0.1) is 7.11 Å². The highest BCUT2D eigenvalue weighted by molar-refractivity contribution is 6.09. The van der Waals surface area contributed by atoms with Gasteiger partial charge in [0.2, 0.25) is 5.91 Å². The van der Waals surface area contributed by atoms with Gasteiger partial charge in [-0.05, 0) is 37.1 Å². The maximum atomic E-state index is 12.7. The summed E-state index contributed by atoms with van der Waals surface area (Å²) in [6.45, 7) is 3.89. The molecule has 1 aliphatic heterocycles. The Morgan fingerprint density at radius 2 is 1.80 bits per heavy atom. The van der Waals surface area contributed by atoms with Crippen molar-refractivity contribution in [3.8, 4) is 5.75 Å². The van der Waals surface area contributed by atoms with Crippen molar-refractivity contribution in [2.24, 2.45) is 0 Å². The van der Waals surface area contributed by atoms with Crippen molar-refractivity contribution in [1.82, 2.24) is 5.32 Å². The fourth-order valence-corrected chi connectivity index (χ4v) is 2.53. The number of nitrogens with one attached hydrogen (secondary N) is 1. The molecule has 0 spiro atoms. The highest BCUT2D eigenvalue weighted by Gasteiger charge is 2.44. The summed E-state index contributed by atoms with van der Waals surface area (Å²) in [4.78, 5) is 26.2. The second-order valence-corrected chi connectivity index (χ2v) is 4.93. The number of ether oxygens (including phenoxy) is 1. The average molecular weight is 276 g/mol. The molecule has 2 rings (SSSR count). The van der Waals surface area contributed by atoms with E-state index in [9.17, 15) is 9.59 Å². The summed E-state index contributed by atoms with van der Waals surface area (Å²) in [6.07, 6.45) is 1.17. The number of carbonyl (C=O) groups is 2. The van der Waals surface area contributed by atoms with Crippen LogP contribution in [0.5, 0.6) is 5.75 Å². The number of carbonyl (C=O) groups excluding carboxylic acids is 2. The number of piperazine rings is 1. The number of hydrogen-bond donors (Lipinski definition) is 1. The molecule has 0 unspecified atom stereocenters. The Bertz CT molecular complexity index is 506. The van der Waals surface area contributed by atoms with Gasteiger partial charge in [-0.25, -0.2) is 0 Å². The quantitative estimate of drug-likeness (QED) is 0.911. The van der Waals surface area contributed by atoms with Gasteiger partial charge in [0.1, 0.15) is 17.8 Å². The van der Waals surface area contributed by atoms with Gasteiger partial charge in [-0.3, -0.25) is 9.59 Å². The average Bonchev–Trinajstić information content (AvgIpc) is 2.49. The standard InChI is InChI=1S/C15H20N2O3/c1-4-15(5-2)14(19)17(10-13(18)16-15)11-6-8-12(20-3)9-7-11/h6-9H,4-5,10H2,1-3H3,(H,16,18). The van der Waals surface area contributed by atoms with Gasteiger partial charge < -0.3 is 15.0 Å². The van der Waals surface area contributed by atoms with E-state index in [2.05, 4.69) is 5.32 Å². The molecule has 0 saturated carbocycles. The minimum absolute atomic E-state index is 0.0488. The monoisotopic (exact) mass is 276 g/mol. The zero-order valence-corrected chi connectivity index (χ0v) is 12.1. The van der Waals surface area contributed by atoms with E-state index in [1.54, 1.807) is 36.3 Å². The first-order valence-electron chi connectivity index (χ1n) is 6.83. The van der Waals surface area contributed by atoms with Crippen molar-refractivity contribution in [1.29, 1.82) is 0 Å². The van der Waals surface area contributed by atoms with Crippen LogP contribution in [-0.2, 0) is 9.59 Å². The third kappa shape index (κ3) is 2.35. The lowest BCUT2D eigenvalue weighted by Gasteiger charge is -2.41. The van der Waals surface area contributed by atoms with E-state index in [1.165, 1.54) is 0 Å². The molecule has 1 fully saturated rings. The van der Waals surface area contributed by atoms with Gasteiger partial charge in [0.25, 0.3) is 5.91 Å². The number of rotatable bonds is 4. The number of nitrogens with zero attached hydrogens (tertiary/aromatic N) is 1. The predicted octanol–water partition coefficient (Wildman–Crippen LogP) is 1.72. The van der Waals surface area contributed by atoms with Crippen LogP contribution in [0.4, 0.5) is 5.69 Å². The van der Waals surface area contributed by atoms with Crippen molar-refractivity contribution in [2.75, 3.05) is 18.6 Å². The van der Waals surface area contributed by atoms with Gasteiger partial charge in [-0.15, -0.1) is 0 Å². The Kier molecular flexibility index (Phi) is 3.97. The van der Waals surface area contributed by atoms with Crippen LogP contribution in [0, 0.1) is 0 Å². The van der Waals surface area contributed by atoms with Crippen molar-refractivity contribution < 1.29 is 14.3 Å². The summed E-state index contributed by atoms with van der Waals surface area (Å²) in [5.74, 6) is 0.552. The van der Waals surface area contributed by atoms with Gasteiger partial charge >= 0.3 is 0 Å². The maximum absolute atomic E-state index is 12.7. The maximum Gasteiger partial charge on any atom is 0.253 e. The van der Waals surface area contributed by atoms with Crippen molar-refractivity contribution >= 4 is 17.5 Å². The summed E-state index contributed by atoms with van der Waals surface area (Å²) in [5.41, 5.74) is -0.0631. The second kappa shape index (κ2) is 5.53. The first kappa shape index (κ1) is 14.4. The van der Waals surface area contributed by atoms with E-state index in [-0.39, 0.29) is 18.4 Å². The molecule has 0 aromatic heterocycles. The van der Waals surface area contributed by atoms with E-state index in [4.69, 9.17) is 4.74 Å². The van der Waals surface area contributed by atoms with Gasteiger partial charge in [0, 0.05) is 5.69 Å². The number of amides is 2. The minimum atomic E-state index is -0.782. The number of hydrogen-bond acceptors (Lipinski definition) is 3. The van der Waals surface area contributed by atoms with Gasteiger partial charge in [-0.2, -0.15) is 0 Å². The van der Waals surface area contributed by atoms with Gasteiger partial charge in [-0.1, -0.05) is 13.8 Å². The number of anilines is 1. The van der Waals surface area contributed by atoms with Crippen molar-refractivity contribution in [3.63, 3.8) is 0 Å². The molecule has 1 aromatic carbocycles. The van der Waals surface area contributed by atoms with E-state index in [1.807, 2.05) is 13.8 Å². The molecule has 5 nitrogen and oxygen atoms in total. The largest absolute Gasteiger partial charge is 0.497 e. The van der Waals surface area contributed by atoms with E-state index in [0.717, 1.165) is 11.4 Å². The first-order valence-corrected chi connectivity index (χ1v) is 6.83. The topological polar surface area (TPSA) is 58.6 Å². The minimum Gasteiger partial charge on any atom is -0.497 e. The Balaban J connectivity index is 2.34. The van der Waals surface area contributed by atoms with Crippen molar-refractivity contribution in [2.45, 2.75) is 32.2 Å². The summed E-state index contributed by atoms with van der Waals surface area (Å²) in [5, 5.41) is 2.85. The van der Waals surface area contributed by atoms with Crippen LogP contribution in [0.3, 0.4) is 0 Å².